The first-order chi connectivity index (χ1) is 12.0. The van der Waals surface area contributed by atoms with E-state index < -0.39 is 0 Å². The van der Waals surface area contributed by atoms with Crippen LogP contribution in [0.15, 0.2) is 30.5 Å². The van der Waals surface area contributed by atoms with E-state index in [2.05, 4.69) is 29.4 Å². The van der Waals surface area contributed by atoms with Crippen molar-refractivity contribution in [3.8, 4) is 17.0 Å². The first-order valence-electron chi connectivity index (χ1n) is 8.62. The molecule has 1 aromatic heterocycles. The monoisotopic (exact) mass is 341 g/mol. The number of nitrogens with zero attached hydrogens (tertiary/aromatic N) is 1. The van der Waals surface area contributed by atoms with Crippen LogP contribution in [0.25, 0.3) is 11.3 Å². The first kappa shape index (κ1) is 16.1. The molecule has 6 heteroatoms. The lowest BCUT2D eigenvalue weighted by molar-refractivity contribution is -0.108. The van der Waals surface area contributed by atoms with Crippen LogP contribution in [0.2, 0.25) is 0 Å². The van der Waals surface area contributed by atoms with Gasteiger partial charge in [-0.3, -0.25) is 9.89 Å². The fraction of sp³-hybridized carbons (Fsp3) is 0.474. The molecular weight excluding hydrogens is 318 g/mol. The predicted octanol–water partition coefficient (Wildman–Crippen LogP) is 2.63. The molecular formula is C19H23N3O3. The summed E-state index contributed by atoms with van der Waals surface area (Å²) in [4.78, 5) is 12.9. The highest BCUT2D eigenvalue weighted by Gasteiger charge is 2.59. The SMILES string of the molecule is COc1ccc(-c2[nH]ncc2C(=O)N[C@@H]2[C@@H]3CCO[C@H]3C2(C)C)cc1. The number of aromatic nitrogens is 2. The van der Waals surface area contributed by atoms with Crippen LogP contribution in [0.1, 0.15) is 30.6 Å². The number of hydrogen-bond donors (Lipinski definition) is 2. The summed E-state index contributed by atoms with van der Waals surface area (Å²) in [6.45, 7) is 5.10. The smallest absolute Gasteiger partial charge is 0.255 e. The Labute approximate surface area is 146 Å². The van der Waals surface area contributed by atoms with Crippen LogP contribution in [-0.4, -0.2) is 42.0 Å². The Bertz CT molecular complexity index is 781. The maximum atomic E-state index is 12.9. The van der Waals surface area contributed by atoms with Crippen LogP contribution < -0.4 is 10.1 Å². The highest BCUT2D eigenvalue weighted by Crippen LogP contribution is 2.52. The number of nitrogens with one attached hydrogen (secondary N) is 2. The maximum absolute atomic E-state index is 12.9. The number of fused-ring (bicyclic) bond motifs is 1. The van der Waals surface area contributed by atoms with Gasteiger partial charge in [0.15, 0.2) is 0 Å². The zero-order valence-electron chi connectivity index (χ0n) is 14.7. The molecule has 0 unspecified atom stereocenters. The average Bonchev–Trinajstić information content (AvgIpc) is 3.28. The van der Waals surface area contributed by atoms with Gasteiger partial charge >= 0.3 is 0 Å². The molecule has 6 nitrogen and oxygen atoms in total. The number of benzene rings is 1. The number of methoxy groups -OCH3 is 1. The molecule has 25 heavy (non-hydrogen) atoms. The quantitative estimate of drug-likeness (QED) is 0.896. The van der Waals surface area contributed by atoms with E-state index in [1.54, 1.807) is 13.3 Å². The lowest BCUT2D eigenvalue weighted by atomic mass is 9.57. The number of rotatable bonds is 4. The van der Waals surface area contributed by atoms with Crippen molar-refractivity contribution in [3.05, 3.63) is 36.0 Å². The number of ether oxygens (including phenoxy) is 2. The molecule has 0 spiro atoms. The van der Waals surface area contributed by atoms with E-state index in [1.165, 1.54) is 0 Å². The van der Waals surface area contributed by atoms with Gasteiger partial charge in [0.2, 0.25) is 0 Å². The Morgan fingerprint density at radius 3 is 2.84 bits per heavy atom. The summed E-state index contributed by atoms with van der Waals surface area (Å²) in [5.74, 6) is 1.09. The summed E-state index contributed by atoms with van der Waals surface area (Å²) >= 11 is 0. The second kappa shape index (κ2) is 5.88. The molecule has 1 amide bonds. The van der Waals surface area contributed by atoms with Gasteiger partial charge in [0.1, 0.15) is 5.75 Å². The second-order valence-corrected chi connectivity index (χ2v) is 7.40. The highest BCUT2D eigenvalue weighted by atomic mass is 16.5. The fourth-order valence-corrected chi connectivity index (χ4v) is 4.27. The van der Waals surface area contributed by atoms with Crippen LogP contribution in [0, 0.1) is 11.3 Å². The zero-order chi connectivity index (χ0) is 17.6. The van der Waals surface area contributed by atoms with E-state index in [0.717, 1.165) is 30.0 Å². The summed E-state index contributed by atoms with van der Waals surface area (Å²) in [6, 6.07) is 7.70. The Morgan fingerprint density at radius 2 is 2.12 bits per heavy atom. The molecule has 0 bridgehead atoms. The van der Waals surface area contributed by atoms with Gasteiger partial charge in [-0.2, -0.15) is 5.10 Å². The number of carbonyl (C=O) groups is 1. The third-order valence-corrected chi connectivity index (χ3v) is 5.65. The van der Waals surface area contributed by atoms with E-state index in [0.29, 0.717) is 11.5 Å². The van der Waals surface area contributed by atoms with Crippen LogP contribution >= 0.6 is 0 Å². The summed E-state index contributed by atoms with van der Waals surface area (Å²) in [6.07, 6.45) is 2.85. The molecule has 132 valence electrons. The molecule has 4 rings (SSSR count). The van der Waals surface area contributed by atoms with Gasteiger partial charge in [-0.15, -0.1) is 0 Å². The van der Waals surface area contributed by atoms with Gasteiger partial charge in [-0.05, 0) is 30.7 Å². The number of H-pyrrole nitrogens is 1. The maximum Gasteiger partial charge on any atom is 0.255 e. The van der Waals surface area contributed by atoms with E-state index in [4.69, 9.17) is 9.47 Å². The van der Waals surface area contributed by atoms with E-state index in [1.807, 2.05) is 24.3 Å². The molecule has 1 aliphatic carbocycles. The van der Waals surface area contributed by atoms with Crippen molar-refractivity contribution in [2.75, 3.05) is 13.7 Å². The molecule has 2 aromatic rings. The average molecular weight is 341 g/mol. The Hall–Kier alpha value is -2.34. The van der Waals surface area contributed by atoms with Crippen molar-refractivity contribution in [1.82, 2.24) is 15.5 Å². The molecule has 2 heterocycles. The number of amides is 1. The Balaban J connectivity index is 1.54. The van der Waals surface area contributed by atoms with Gasteiger partial charge < -0.3 is 14.8 Å². The molecule has 3 atom stereocenters. The molecule has 2 N–H and O–H groups in total. The third kappa shape index (κ3) is 2.52. The van der Waals surface area contributed by atoms with Crippen molar-refractivity contribution in [2.24, 2.45) is 11.3 Å². The number of aromatic amines is 1. The topological polar surface area (TPSA) is 76.2 Å². The number of carbonyl (C=O) groups excluding carboxylic acids is 1. The minimum atomic E-state index is -0.0945. The van der Waals surface area contributed by atoms with E-state index in [-0.39, 0.29) is 23.5 Å². The van der Waals surface area contributed by atoms with E-state index >= 15 is 0 Å². The van der Waals surface area contributed by atoms with Crippen molar-refractivity contribution >= 4 is 5.91 Å². The Morgan fingerprint density at radius 1 is 1.36 bits per heavy atom. The minimum Gasteiger partial charge on any atom is -0.497 e. The largest absolute Gasteiger partial charge is 0.497 e. The van der Waals surface area contributed by atoms with Crippen molar-refractivity contribution in [2.45, 2.75) is 32.4 Å². The lowest BCUT2D eigenvalue weighted by Crippen LogP contribution is -2.66. The van der Waals surface area contributed by atoms with Crippen molar-refractivity contribution in [3.63, 3.8) is 0 Å². The fourth-order valence-electron chi connectivity index (χ4n) is 4.27. The van der Waals surface area contributed by atoms with Crippen LogP contribution in [0.3, 0.4) is 0 Å². The zero-order valence-corrected chi connectivity index (χ0v) is 14.7. The molecule has 2 aliphatic rings. The van der Waals surface area contributed by atoms with Gasteiger partial charge in [0.25, 0.3) is 5.91 Å². The van der Waals surface area contributed by atoms with Gasteiger partial charge in [0.05, 0.1) is 30.7 Å². The number of hydrogen-bond acceptors (Lipinski definition) is 4. The molecule has 1 aromatic carbocycles. The molecule has 2 fully saturated rings. The summed E-state index contributed by atoms with van der Waals surface area (Å²) in [5.41, 5.74) is 2.14. The summed E-state index contributed by atoms with van der Waals surface area (Å²) in [5, 5.41) is 10.2. The van der Waals surface area contributed by atoms with Crippen LogP contribution in [0.5, 0.6) is 5.75 Å². The first-order valence-corrected chi connectivity index (χ1v) is 8.62. The third-order valence-electron chi connectivity index (χ3n) is 5.65. The van der Waals surface area contributed by atoms with Gasteiger partial charge in [-0.25, -0.2) is 0 Å². The summed E-state index contributed by atoms with van der Waals surface area (Å²) < 4.78 is 11.0. The normalized spacial score (nSPS) is 26.6. The highest BCUT2D eigenvalue weighted by molar-refractivity contribution is 6.00. The second-order valence-electron chi connectivity index (χ2n) is 7.40. The predicted molar refractivity (Wildman–Crippen MR) is 93.5 cm³/mol. The van der Waals surface area contributed by atoms with Gasteiger partial charge in [-0.1, -0.05) is 13.8 Å². The van der Waals surface area contributed by atoms with Gasteiger partial charge in [0, 0.05) is 29.5 Å². The molecule has 1 saturated carbocycles. The molecule has 1 saturated heterocycles. The summed E-state index contributed by atoms with van der Waals surface area (Å²) in [7, 11) is 1.63. The van der Waals surface area contributed by atoms with Crippen molar-refractivity contribution in [1.29, 1.82) is 0 Å². The standard InChI is InChI=1S/C19H23N3O3/c1-19(2)16(13-8-9-25-17(13)19)21-18(23)14-10-20-22-15(14)11-4-6-12(24-3)7-5-11/h4-7,10,13,16-17H,8-9H2,1-3H3,(H,20,22)(H,21,23)/t13-,16+,17+/m0/s1. The molecule has 0 radical (unpaired) electrons. The van der Waals surface area contributed by atoms with E-state index in [9.17, 15) is 4.79 Å². The minimum absolute atomic E-state index is 0.0408. The van der Waals surface area contributed by atoms with Crippen LogP contribution in [0.4, 0.5) is 0 Å². The lowest BCUT2D eigenvalue weighted by Gasteiger charge is -2.54. The molecule has 1 aliphatic heterocycles. The van der Waals surface area contributed by atoms with Crippen molar-refractivity contribution < 1.29 is 14.3 Å². The Kier molecular flexibility index (Phi) is 3.80. The van der Waals surface area contributed by atoms with Crippen LogP contribution in [-0.2, 0) is 4.74 Å².